The largest absolute Gasteiger partial charge is 0.465 e. The molecule has 0 aliphatic heterocycles. The van der Waals surface area contributed by atoms with Crippen LogP contribution in [-0.2, 0) is 4.74 Å². The van der Waals surface area contributed by atoms with Crippen molar-refractivity contribution in [3.63, 3.8) is 0 Å². The zero-order chi connectivity index (χ0) is 15.8. The Morgan fingerprint density at radius 2 is 2.23 bits per heavy atom. The number of nitrogens with zero attached hydrogens (tertiary/aromatic N) is 3. The molecule has 1 aromatic heterocycles. The lowest BCUT2D eigenvalue weighted by molar-refractivity contribution is 0.0601. The highest BCUT2D eigenvalue weighted by molar-refractivity contribution is 5.90. The van der Waals surface area contributed by atoms with Crippen LogP contribution in [0.2, 0.25) is 0 Å². The minimum atomic E-state index is -0.383. The van der Waals surface area contributed by atoms with Crippen molar-refractivity contribution in [2.45, 2.75) is 19.8 Å². The molecular formula is C15H19N5O2. The first-order chi connectivity index (χ1) is 10.7. The van der Waals surface area contributed by atoms with E-state index in [1.165, 1.54) is 13.3 Å². The summed E-state index contributed by atoms with van der Waals surface area (Å²) in [5.74, 6) is 0.643. The summed E-state index contributed by atoms with van der Waals surface area (Å²) in [4.78, 5) is 15.8. The molecule has 116 valence electrons. The fourth-order valence-corrected chi connectivity index (χ4v) is 1.81. The van der Waals surface area contributed by atoms with E-state index < -0.39 is 0 Å². The van der Waals surface area contributed by atoms with Crippen molar-refractivity contribution >= 4 is 23.4 Å². The van der Waals surface area contributed by atoms with Crippen molar-refractivity contribution in [2.24, 2.45) is 0 Å². The van der Waals surface area contributed by atoms with E-state index in [9.17, 15) is 4.79 Å². The fourth-order valence-electron chi connectivity index (χ4n) is 1.81. The van der Waals surface area contributed by atoms with Crippen LogP contribution in [0.5, 0.6) is 0 Å². The molecule has 22 heavy (non-hydrogen) atoms. The van der Waals surface area contributed by atoms with Gasteiger partial charge in [0.2, 0.25) is 5.95 Å². The molecule has 0 saturated heterocycles. The number of methoxy groups -OCH3 is 1. The molecule has 7 nitrogen and oxygen atoms in total. The number of unbranched alkanes of at least 4 members (excludes halogenated alkanes) is 1. The van der Waals surface area contributed by atoms with E-state index in [0.717, 1.165) is 25.1 Å². The number of benzene rings is 1. The maximum Gasteiger partial charge on any atom is 0.337 e. The van der Waals surface area contributed by atoms with Crippen molar-refractivity contribution in [3.05, 3.63) is 36.0 Å². The smallest absolute Gasteiger partial charge is 0.337 e. The molecule has 7 heteroatoms. The third kappa shape index (κ3) is 4.41. The zero-order valence-corrected chi connectivity index (χ0v) is 12.7. The highest BCUT2D eigenvalue weighted by atomic mass is 16.5. The van der Waals surface area contributed by atoms with Gasteiger partial charge in [-0.25, -0.2) is 4.79 Å². The molecule has 2 N–H and O–H groups in total. The SMILES string of the molecule is CCCCNc1nncc(Nc2cccc(C(=O)OC)c2)n1. The third-order valence-corrected chi connectivity index (χ3v) is 2.93. The normalized spacial score (nSPS) is 10.1. The summed E-state index contributed by atoms with van der Waals surface area (Å²) in [7, 11) is 1.35. The first-order valence-electron chi connectivity index (χ1n) is 7.12. The molecule has 0 unspecified atom stereocenters. The van der Waals surface area contributed by atoms with Crippen molar-refractivity contribution in [2.75, 3.05) is 24.3 Å². The molecule has 0 aliphatic carbocycles. The Hall–Kier alpha value is -2.70. The predicted octanol–water partition coefficient (Wildman–Crippen LogP) is 2.61. The standard InChI is InChI=1S/C15H19N5O2/c1-3-4-8-16-15-19-13(10-17-20-15)18-12-7-5-6-11(9-12)14(21)22-2/h5-7,9-10H,3-4,8H2,1-2H3,(H2,16,18,19,20). The van der Waals surface area contributed by atoms with Gasteiger partial charge in [0.15, 0.2) is 5.82 Å². The summed E-state index contributed by atoms with van der Waals surface area (Å²) in [6.07, 6.45) is 3.66. The van der Waals surface area contributed by atoms with Crippen molar-refractivity contribution in [1.29, 1.82) is 0 Å². The van der Waals surface area contributed by atoms with Gasteiger partial charge in [-0.1, -0.05) is 19.4 Å². The summed E-state index contributed by atoms with van der Waals surface area (Å²) in [6, 6.07) is 6.98. The number of esters is 1. The molecule has 0 spiro atoms. The summed E-state index contributed by atoms with van der Waals surface area (Å²) >= 11 is 0. The number of carbonyl (C=O) groups is 1. The van der Waals surface area contributed by atoms with E-state index in [1.54, 1.807) is 18.2 Å². The molecule has 2 aromatic rings. The summed E-state index contributed by atoms with van der Waals surface area (Å²) in [6.45, 7) is 2.92. The zero-order valence-electron chi connectivity index (χ0n) is 12.7. The second-order valence-corrected chi connectivity index (χ2v) is 4.64. The summed E-state index contributed by atoms with van der Waals surface area (Å²) < 4.78 is 4.70. The minimum Gasteiger partial charge on any atom is -0.465 e. The van der Waals surface area contributed by atoms with Crippen LogP contribution in [0, 0.1) is 0 Å². The van der Waals surface area contributed by atoms with Crippen LogP contribution in [0.3, 0.4) is 0 Å². The third-order valence-electron chi connectivity index (χ3n) is 2.93. The first kappa shape index (κ1) is 15.7. The highest BCUT2D eigenvalue weighted by Gasteiger charge is 2.06. The maximum absolute atomic E-state index is 11.5. The summed E-state index contributed by atoms with van der Waals surface area (Å²) in [5, 5.41) is 14.0. The molecule has 1 aromatic carbocycles. The Balaban J connectivity index is 2.07. The van der Waals surface area contributed by atoms with Gasteiger partial charge in [0.05, 0.1) is 18.9 Å². The number of hydrogen-bond donors (Lipinski definition) is 2. The van der Waals surface area contributed by atoms with Gasteiger partial charge in [-0.15, -0.1) is 5.10 Å². The highest BCUT2D eigenvalue weighted by Crippen LogP contribution is 2.16. The molecule has 0 radical (unpaired) electrons. The Labute approximate surface area is 129 Å². The minimum absolute atomic E-state index is 0.383. The monoisotopic (exact) mass is 301 g/mol. The van der Waals surface area contributed by atoms with Crippen LogP contribution in [0.4, 0.5) is 17.5 Å². The Morgan fingerprint density at radius 1 is 1.36 bits per heavy atom. The Kier molecular flexibility index (Phi) is 5.65. The number of rotatable bonds is 7. The lowest BCUT2D eigenvalue weighted by Gasteiger charge is -2.08. The second-order valence-electron chi connectivity index (χ2n) is 4.64. The lowest BCUT2D eigenvalue weighted by Crippen LogP contribution is -2.07. The predicted molar refractivity (Wildman–Crippen MR) is 84.3 cm³/mol. The van der Waals surface area contributed by atoms with Crippen LogP contribution in [0.15, 0.2) is 30.5 Å². The number of hydrogen-bond acceptors (Lipinski definition) is 7. The first-order valence-corrected chi connectivity index (χ1v) is 7.12. The fraction of sp³-hybridized carbons (Fsp3) is 0.333. The van der Waals surface area contributed by atoms with E-state index in [2.05, 4.69) is 32.7 Å². The van der Waals surface area contributed by atoms with Gasteiger partial charge in [-0.05, 0) is 24.6 Å². The van der Waals surface area contributed by atoms with E-state index in [4.69, 9.17) is 4.74 Å². The van der Waals surface area contributed by atoms with Gasteiger partial charge >= 0.3 is 5.97 Å². The van der Waals surface area contributed by atoms with Gasteiger partial charge in [-0.3, -0.25) is 0 Å². The topological polar surface area (TPSA) is 89.0 Å². The van der Waals surface area contributed by atoms with Gasteiger partial charge in [-0.2, -0.15) is 10.1 Å². The number of anilines is 3. The van der Waals surface area contributed by atoms with E-state index in [0.29, 0.717) is 17.3 Å². The number of aromatic nitrogens is 3. The van der Waals surface area contributed by atoms with Gasteiger partial charge in [0.25, 0.3) is 0 Å². The van der Waals surface area contributed by atoms with Crippen LogP contribution < -0.4 is 10.6 Å². The molecule has 2 rings (SSSR count). The second kappa shape index (κ2) is 7.92. The molecule has 1 heterocycles. The van der Waals surface area contributed by atoms with Crippen LogP contribution in [0.1, 0.15) is 30.1 Å². The quantitative estimate of drug-likeness (QED) is 0.600. The summed E-state index contributed by atoms with van der Waals surface area (Å²) in [5.41, 5.74) is 1.19. The van der Waals surface area contributed by atoms with Gasteiger partial charge < -0.3 is 15.4 Å². The van der Waals surface area contributed by atoms with Gasteiger partial charge in [0, 0.05) is 12.2 Å². The Morgan fingerprint density at radius 3 is 3.00 bits per heavy atom. The average molecular weight is 301 g/mol. The molecule has 0 atom stereocenters. The Bertz CT molecular complexity index is 633. The molecule has 0 aliphatic rings. The van der Waals surface area contributed by atoms with Crippen molar-refractivity contribution in [1.82, 2.24) is 15.2 Å². The van der Waals surface area contributed by atoms with Gasteiger partial charge in [0.1, 0.15) is 0 Å². The number of carbonyl (C=O) groups excluding carboxylic acids is 1. The molecule has 0 fully saturated rings. The maximum atomic E-state index is 11.5. The van der Waals surface area contributed by atoms with E-state index in [-0.39, 0.29) is 5.97 Å². The van der Waals surface area contributed by atoms with Crippen molar-refractivity contribution in [3.8, 4) is 0 Å². The van der Waals surface area contributed by atoms with Crippen LogP contribution >= 0.6 is 0 Å². The van der Waals surface area contributed by atoms with Crippen molar-refractivity contribution < 1.29 is 9.53 Å². The lowest BCUT2D eigenvalue weighted by atomic mass is 10.2. The van der Waals surface area contributed by atoms with Crippen LogP contribution in [-0.4, -0.2) is 34.8 Å². The molecule has 0 bridgehead atoms. The molecule has 0 saturated carbocycles. The van der Waals surface area contributed by atoms with Crippen LogP contribution in [0.25, 0.3) is 0 Å². The molecule has 0 amide bonds. The van der Waals surface area contributed by atoms with E-state index >= 15 is 0 Å². The van der Waals surface area contributed by atoms with E-state index in [1.807, 2.05) is 6.07 Å². The average Bonchev–Trinajstić information content (AvgIpc) is 2.55. The number of ether oxygens (including phenoxy) is 1. The number of nitrogens with one attached hydrogen (secondary N) is 2. The molecular weight excluding hydrogens is 282 g/mol.